The van der Waals surface area contributed by atoms with E-state index in [-0.39, 0.29) is 0 Å². The number of anilines is 1. The van der Waals surface area contributed by atoms with Crippen LogP contribution in [-0.4, -0.2) is 19.7 Å². The maximum absolute atomic E-state index is 13.0. The molecule has 0 aliphatic carbocycles. The summed E-state index contributed by atoms with van der Waals surface area (Å²) in [6.45, 7) is 6.00. The average molecular weight is 449 g/mol. The van der Waals surface area contributed by atoms with Crippen molar-refractivity contribution in [1.82, 2.24) is 4.98 Å². The molecular formula is C25H24N2O2S2. The van der Waals surface area contributed by atoms with Gasteiger partial charge < -0.3 is 0 Å². The van der Waals surface area contributed by atoms with E-state index in [2.05, 4.69) is 15.8 Å². The van der Waals surface area contributed by atoms with Crippen LogP contribution in [-0.2, 0) is 21.8 Å². The van der Waals surface area contributed by atoms with E-state index in [1.165, 1.54) is 0 Å². The van der Waals surface area contributed by atoms with Gasteiger partial charge in [-0.2, -0.15) is 0 Å². The van der Waals surface area contributed by atoms with Crippen LogP contribution in [0.1, 0.15) is 16.7 Å². The minimum atomic E-state index is -1.39. The number of rotatable bonds is 5. The molecule has 1 N–H and O–H groups in total. The lowest BCUT2D eigenvalue weighted by molar-refractivity contribution is 0.685. The number of hydrogen-bond donors (Lipinski definition) is 1. The lowest BCUT2D eigenvalue weighted by Crippen LogP contribution is -2.09. The predicted molar refractivity (Wildman–Crippen MR) is 130 cm³/mol. The van der Waals surface area contributed by atoms with Crippen molar-refractivity contribution in [1.29, 1.82) is 0 Å². The molecule has 31 heavy (non-hydrogen) atoms. The molecule has 0 amide bonds. The fraction of sp³-hybridized carbons (Fsp3) is 0.160. The molecule has 0 aliphatic rings. The smallest absolute Gasteiger partial charge is 0.152 e. The van der Waals surface area contributed by atoms with Crippen molar-refractivity contribution in [3.05, 3.63) is 83.4 Å². The van der Waals surface area contributed by atoms with Gasteiger partial charge in [-0.1, -0.05) is 35.9 Å². The van der Waals surface area contributed by atoms with E-state index < -0.39 is 21.8 Å². The van der Waals surface area contributed by atoms with E-state index in [0.29, 0.717) is 5.82 Å². The molecule has 2 atom stereocenters. The molecule has 0 fully saturated rings. The number of nitrogens with zero attached hydrogens (tertiary/aromatic N) is 1. The highest BCUT2D eigenvalue weighted by Gasteiger charge is 2.13. The molecule has 0 saturated carbocycles. The molecule has 0 saturated heterocycles. The number of nitrogens with one attached hydrogen (secondary N) is 1. The van der Waals surface area contributed by atoms with Crippen LogP contribution in [0.3, 0.4) is 0 Å². The molecule has 4 rings (SSSR count). The Morgan fingerprint density at radius 2 is 1.52 bits per heavy atom. The summed E-state index contributed by atoms with van der Waals surface area (Å²) in [5, 5.41) is 0.986. The summed E-state index contributed by atoms with van der Waals surface area (Å²) in [7, 11) is -2.41. The fourth-order valence-corrected chi connectivity index (χ4v) is 5.49. The molecule has 4 nitrogen and oxygen atoms in total. The topological polar surface area (TPSA) is 59.1 Å². The molecule has 0 bridgehead atoms. The van der Waals surface area contributed by atoms with Gasteiger partial charge >= 0.3 is 0 Å². The lowest BCUT2D eigenvalue weighted by Gasteiger charge is -2.12. The molecule has 0 radical (unpaired) electrons. The third-order valence-corrected chi connectivity index (χ3v) is 7.50. The summed E-state index contributed by atoms with van der Waals surface area (Å²) in [5.41, 5.74) is 6.04. The zero-order chi connectivity index (χ0) is 22.1. The fourth-order valence-electron chi connectivity index (χ4n) is 3.82. The molecule has 2 unspecified atom stereocenters. The highest BCUT2D eigenvalue weighted by molar-refractivity contribution is 7.86. The molecule has 1 heterocycles. The van der Waals surface area contributed by atoms with Gasteiger partial charge in [0, 0.05) is 27.3 Å². The van der Waals surface area contributed by atoms with Crippen molar-refractivity contribution in [3.63, 3.8) is 0 Å². The minimum Gasteiger partial charge on any atom is -0.285 e. The first-order valence-corrected chi connectivity index (χ1v) is 12.6. The van der Waals surface area contributed by atoms with Gasteiger partial charge in [-0.3, -0.25) is 8.93 Å². The molecule has 4 aromatic rings. The Morgan fingerprint density at radius 3 is 2.23 bits per heavy atom. The quantitative estimate of drug-likeness (QED) is 0.426. The zero-order valence-corrected chi connectivity index (χ0v) is 19.6. The molecule has 6 heteroatoms. The van der Waals surface area contributed by atoms with E-state index in [9.17, 15) is 8.42 Å². The second kappa shape index (κ2) is 8.73. The summed E-state index contributed by atoms with van der Waals surface area (Å²) in [4.78, 5) is 6.25. The summed E-state index contributed by atoms with van der Waals surface area (Å²) in [6.07, 6.45) is 1.68. The first-order chi connectivity index (χ1) is 14.8. The average Bonchev–Trinajstić information content (AvgIpc) is 2.72. The van der Waals surface area contributed by atoms with E-state index in [4.69, 9.17) is 0 Å². The first kappa shape index (κ1) is 21.4. The Morgan fingerprint density at radius 1 is 0.806 bits per heavy atom. The van der Waals surface area contributed by atoms with Gasteiger partial charge in [0.2, 0.25) is 0 Å². The van der Waals surface area contributed by atoms with Crippen molar-refractivity contribution in [3.8, 4) is 11.1 Å². The van der Waals surface area contributed by atoms with Crippen LogP contribution >= 0.6 is 0 Å². The minimum absolute atomic E-state index is 0.571. The van der Waals surface area contributed by atoms with E-state index in [1.807, 2.05) is 81.4 Å². The van der Waals surface area contributed by atoms with Gasteiger partial charge in [0.15, 0.2) is 11.0 Å². The van der Waals surface area contributed by atoms with Crippen LogP contribution in [0.15, 0.2) is 76.5 Å². The largest absolute Gasteiger partial charge is 0.285 e. The monoisotopic (exact) mass is 448 g/mol. The van der Waals surface area contributed by atoms with Gasteiger partial charge in [-0.15, -0.1) is 0 Å². The van der Waals surface area contributed by atoms with Crippen molar-refractivity contribution < 1.29 is 8.42 Å². The summed E-state index contributed by atoms with van der Waals surface area (Å²) in [5.74, 6) is 0.571. The predicted octanol–water partition coefficient (Wildman–Crippen LogP) is 5.70. The van der Waals surface area contributed by atoms with Crippen molar-refractivity contribution in [2.45, 2.75) is 30.6 Å². The van der Waals surface area contributed by atoms with Crippen molar-refractivity contribution in [2.24, 2.45) is 0 Å². The van der Waals surface area contributed by atoms with E-state index in [0.717, 1.165) is 48.5 Å². The summed E-state index contributed by atoms with van der Waals surface area (Å²) >= 11 is 0. The SMILES string of the molecule is Cc1cc(C)c(S(=O)Nc2ccc3cc(-c4cccc(S(C)=O)c4)ccc3n2)c(C)c1. The number of pyridine rings is 1. The summed E-state index contributed by atoms with van der Waals surface area (Å²) < 4.78 is 27.8. The Bertz CT molecular complexity index is 1330. The Kier molecular flexibility index (Phi) is 6.03. The second-order valence-corrected chi connectivity index (χ2v) is 10.2. The number of fused-ring (bicyclic) bond motifs is 1. The molecule has 3 aromatic carbocycles. The second-order valence-electron chi connectivity index (χ2n) is 7.68. The standard InChI is InChI=1S/C25H24N2O2S2/c1-16-12-17(2)25(18(3)13-16)31(29)27-24-11-9-21-14-20(8-10-23(21)26-24)19-6-5-7-22(15-19)30(4)28/h5-15H,1-4H3,(H,26,27). The number of aromatic nitrogens is 1. The van der Waals surface area contributed by atoms with Crippen molar-refractivity contribution >= 4 is 38.5 Å². The van der Waals surface area contributed by atoms with Gasteiger partial charge in [0.25, 0.3) is 0 Å². The number of benzene rings is 3. The summed E-state index contributed by atoms with van der Waals surface area (Å²) in [6, 6.07) is 21.7. The normalized spacial score (nSPS) is 13.2. The molecule has 158 valence electrons. The van der Waals surface area contributed by atoms with Crippen LogP contribution in [0.5, 0.6) is 0 Å². The molecule has 0 aliphatic heterocycles. The first-order valence-electron chi connectivity index (χ1n) is 9.93. The Balaban J connectivity index is 1.62. The molecule has 1 aromatic heterocycles. The lowest BCUT2D eigenvalue weighted by atomic mass is 10.0. The van der Waals surface area contributed by atoms with Crippen LogP contribution in [0.2, 0.25) is 0 Å². The third-order valence-electron chi connectivity index (χ3n) is 5.18. The van der Waals surface area contributed by atoms with Gasteiger partial charge in [-0.05, 0) is 79.4 Å². The van der Waals surface area contributed by atoms with Gasteiger partial charge in [-0.25, -0.2) is 9.19 Å². The van der Waals surface area contributed by atoms with Crippen LogP contribution in [0.25, 0.3) is 22.0 Å². The molecular weight excluding hydrogens is 424 g/mol. The highest BCUT2D eigenvalue weighted by atomic mass is 32.2. The van der Waals surface area contributed by atoms with Gasteiger partial charge in [0.1, 0.15) is 5.82 Å². The number of hydrogen-bond acceptors (Lipinski definition) is 3. The maximum atomic E-state index is 13.0. The Hall–Kier alpha value is -2.83. The third kappa shape index (κ3) is 4.60. The van der Waals surface area contributed by atoms with E-state index in [1.54, 1.807) is 6.26 Å². The molecule has 0 spiro atoms. The van der Waals surface area contributed by atoms with Crippen LogP contribution in [0, 0.1) is 20.8 Å². The van der Waals surface area contributed by atoms with Gasteiger partial charge in [0.05, 0.1) is 10.4 Å². The highest BCUT2D eigenvalue weighted by Crippen LogP contribution is 2.27. The zero-order valence-electron chi connectivity index (χ0n) is 17.9. The van der Waals surface area contributed by atoms with Crippen LogP contribution < -0.4 is 4.72 Å². The van der Waals surface area contributed by atoms with Crippen LogP contribution in [0.4, 0.5) is 5.82 Å². The maximum Gasteiger partial charge on any atom is 0.152 e. The Labute approximate surface area is 187 Å². The van der Waals surface area contributed by atoms with Crippen molar-refractivity contribution in [2.75, 3.05) is 11.0 Å². The van der Waals surface area contributed by atoms with E-state index >= 15 is 0 Å². The number of aryl methyl sites for hydroxylation is 3.